The second-order valence-corrected chi connectivity index (χ2v) is 8.36. The molecular formula is C21H27N3O2S. The van der Waals surface area contributed by atoms with E-state index in [0.717, 1.165) is 22.6 Å². The van der Waals surface area contributed by atoms with Gasteiger partial charge < -0.3 is 14.7 Å². The maximum atomic E-state index is 10.5. The number of aliphatic hydroxyl groups excluding tert-OH is 1. The van der Waals surface area contributed by atoms with E-state index in [1.54, 1.807) is 0 Å². The number of amidine groups is 1. The number of hydrogen-bond donors (Lipinski definition) is 2. The van der Waals surface area contributed by atoms with Crippen molar-refractivity contribution in [3.8, 4) is 11.3 Å². The van der Waals surface area contributed by atoms with Gasteiger partial charge >= 0.3 is 0 Å². The van der Waals surface area contributed by atoms with Gasteiger partial charge in [-0.1, -0.05) is 29.8 Å². The van der Waals surface area contributed by atoms with Gasteiger partial charge in [-0.25, -0.2) is 4.98 Å². The van der Waals surface area contributed by atoms with E-state index < -0.39 is 0 Å². The first-order chi connectivity index (χ1) is 12.9. The molecule has 0 bridgehead atoms. The van der Waals surface area contributed by atoms with Crippen LogP contribution in [0.1, 0.15) is 35.7 Å². The quantitative estimate of drug-likeness (QED) is 0.672. The molecule has 1 aromatic carbocycles. The fourth-order valence-corrected chi connectivity index (χ4v) is 4.11. The summed E-state index contributed by atoms with van der Waals surface area (Å²) in [6, 6.07) is 8.28. The summed E-state index contributed by atoms with van der Waals surface area (Å²) in [5.41, 5.74) is 3.76. The van der Waals surface area contributed by atoms with Crippen molar-refractivity contribution in [3.63, 3.8) is 0 Å². The Morgan fingerprint density at radius 3 is 2.63 bits per heavy atom. The van der Waals surface area contributed by atoms with Gasteiger partial charge in [0, 0.05) is 23.6 Å². The zero-order valence-electron chi connectivity index (χ0n) is 16.4. The number of nitrogens with one attached hydrogen (secondary N) is 1. The van der Waals surface area contributed by atoms with E-state index in [2.05, 4.69) is 31.2 Å². The molecular weight excluding hydrogens is 358 g/mol. The molecule has 2 aromatic rings. The van der Waals surface area contributed by atoms with Gasteiger partial charge in [0.2, 0.25) is 0 Å². The van der Waals surface area contributed by atoms with E-state index in [1.807, 2.05) is 25.7 Å². The highest BCUT2D eigenvalue weighted by molar-refractivity contribution is 7.13. The average molecular weight is 386 g/mol. The second-order valence-electron chi connectivity index (χ2n) is 7.15. The molecule has 0 fully saturated rings. The largest absolute Gasteiger partial charge is 0.510 e. The van der Waals surface area contributed by atoms with Gasteiger partial charge in [-0.2, -0.15) is 0 Å². The number of nitrogens with zero attached hydrogens (tertiary/aromatic N) is 2. The third kappa shape index (κ3) is 4.39. The summed E-state index contributed by atoms with van der Waals surface area (Å²) >= 11 is 1.53. The molecule has 1 aliphatic rings. The molecule has 6 heteroatoms. The van der Waals surface area contributed by atoms with Crippen LogP contribution in [-0.4, -0.2) is 46.6 Å². The van der Waals surface area contributed by atoms with Gasteiger partial charge in [0.1, 0.15) is 16.6 Å². The Balaban J connectivity index is 1.74. The monoisotopic (exact) mass is 385 g/mol. The zero-order chi connectivity index (χ0) is 19.6. The second kappa shape index (κ2) is 8.23. The van der Waals surface area contributed by atoms with Gasteiger partial charge in [-0.05, 0) is 34.1 Å². The van der Waals surface area contributed by atoms with Crippen LogP contribution in [0.3, 0.4) is 0 Å². The van der Waals surface area contributed by atoms with Crippen LogP contribution in [0.4, 0.5) is 0 Å². The number of aryl methyl sites for hydroxylation is 2. The molecule has 0 saturated heterocycles. The van der Waals surface area contributed by atoms with E-state index in [9.17, 15) is 5.11 Å². The molecule has 0 amide bonds. The highest BCUT2D eigenvalue weighted by Crippen LogP contribution is 2.35. The number of thiazole rings is 1. The lowest BCUT2D eigenvalue weighted by atomic mass is 10.1. The summed E-state index contributed by atoms with van der Waals surface area (Å²) < 4.78 is 5.57. The number of hydrogen-bond acceptors (Lipinski definition) is 5. The zero-order valence-corrected chi connectivity index (χ0v) is 17.2. The Labute approximate surface area is 164 Å². The highest BCUT2D eigenvalue weighted by atomic mass is 32.1. The van der Waals surface area contributed by atoms with Crippen molar-refractivity contribution in [2.45, 2.75) is 40.2 Å². The molecule has 2 N–H and O–H groups in total. The van der Waals surface area contributed by atoms with Gasteiger partial charge in [-0.15, -0.1) is 11.3 Å². The van der Waals surface area contributed by atoms with Crippen molar-refractivity contribution < 1.29 is 9.84 Å². The van der Waals surface area contributed by atoms with Crippen LogP contribution in [-0.2, 0) is 4.74 Å². The molecule has 27 heavy (non-hydrogen) atoms. The first kappa shape index (κ1) is 19.6. The SMILES string of the molecule is Cc1ccc(-c2nc(C3=C(O)CN(CCCOC(C)C)C3=N)sc2C)cc1. The fourth-order valence-electron chi connectivity index (χ4n) is 3.11. The number of benzene rings is 1. The Bertz CT molecular complexity index is 853. The van der Waals surface area contributed by atoms with Crippen molar-refractivity contribution in [2.24, 2.45) is 0 Å². The van der Waals surface area contributed by atoms with Crippen LogP contribution >= 0.6 is 11.3 Å². The minimum atomic E-state index is 0.212. The normalized spacial score (nSPS) is 14.7. The lowest BCUT2D eigenvalue weighted by molar-refractivity contribution is 0.0742. The molecule has 144 valence electrons. The summed E-state index contributed by atoms with van der Waals surface area (Å²) in [5.74, 6) is 0.579. The molecule has 1 aromatic heterocycles. The van der Waals surface area contributed by atoms with Gasteiger partial charge in [0.05, 0.1) is 23.9 Å². The molecule has 0 atom stereocenters. The number of aromatic nitrogens is 1. The third-order valence-corrected chi connectivity index (χ3v) is 5.53. The number of aliphatic hydroxyl groups is 1. The molecule has 1 aliphatic heterocycles. The van der Waals surface area contributed by atoms with Crippen LogP contribution in [0.5, 0.6) is 0 Å². The van der Waals surface area contributed by atoms with Crippen molar-refractivity contribution in [1.82, 2.24) is 9.88 Å². The molecule has 5 nitrogen and oxygen atoms in total. The van der Waals surface area contributed by atoms with Crippen LogP contribution < -0.4 is 0 Å². The van der Waals surface area contributed by atoms with Crippen LogP contribution in [0.25, 0.3) is 16.8 Å². The summed E-state index contributed by atoms with van der Waals surface area (Å²) in [7, 11) is 0. The van der Waals surface area contributed by atoms with Crippen molar-refractivity contribution >= 4 is 22.7 Å². The summed E-state index contributed by atoms with van der Waals surface area (Å²) in [5, 5.41) is 19.7. The minimum absolute atomic E-state index is 0.212. The van der Waals surface area contributed by atoms with Gasteiger partial charge in [-0.3, -0.25) is 5.41 Å². The van der Waals surface area contributed by atoms with Crippen molar-refractivity contribution in [2.75, 3.05) is 19.7 Å². The van der Waals surface area contributed by atoms with E-state index >= 15 is 0 Å². The average Bonchev–Trinajstić information content (AvgIpc) is 3.12. The standard InChI is InChI=1S/C21H27N3O2S/c1-13(2)26-11-5-10-24-12-17(25)18(20(24)22)21-23-19(15(4)27-21)16-8-6-14(3)7-9-16/h6-9,13,22,25H,5,10-12H2,1-4H3. The van der Waals surface area contributed by atoms with Crippen LogP contribution in [0, 0.1) is 19.3 Å². The maximum Gasteiger partial charge on any atom is 0.135 e. The number of ether oxygens (including phenoxy) is 1. The fraction of sp³-hybridized carbons (Fsp3) is 0.429. The summed E-state index contributed by atoms with van der Waals surface area (Å²) in [6.07, 6.45) is 1.04. The van der Waals surface area contributed by atoms with Gasteiger partial charge in [0.25, 0.3) is 0 Å². The maximum absolute atomic E-state index is 10.5. The van der Waals surface area contributed by atoms with E-state index in [-0.39, 0.29) is 11.9 Å². The van der Waals surface area contributed by atoms with E-state index in [4.69, 9.17) is 15.1 Å². The lowest BCUT2D eigenvalue weighted by Gasteiger charge is -2.18. The molecule has 0 radical (unpaired) electrons. The lowest BCUT2D eigenvalue weighted by Crippen LogP contribution is -2.28. The topological polar surface area (TPSA) is 69.4 Å². The van der Waals surface area contributed by atoms with Crippen LogP contribution in [0.15, 0.2) is 30.0 Å². The van der Waals surface area contributed by atoms with Crippen molar-refractivity contribution in [1.29, 1.82) is 5.41 Å². The summed E-state index contributed by atoms with van der Waals surface area (Å²) in [6.45, 7) is 9.84. The molecule has 2 heterocycles. The molecule has 0 saturated carbocycles. The first-order valence-electron chi connectivity index (χ1n) is 9.29. The summed E-state index contributed by atoms with van der Waals surface area (Å²) in [4.78, 5) is 7.73. The Kier molecular flexibility index (Phi) is 5.97. The third-order valence-electron chi connectivity index (χ3n) is 4.54. The Morgan fingerprint density at radius 1 is 1.26 bits per heavy atom. The van der Waals surface area contributed by atoms with E-state index in [1.165, 1.54) is 16.9 Å². The van der Waals surface area contributed by atoms with Crippen LogP contribution in [0.2, 0.25) is 0 Å². The smallest absolute Gasteiger partial charge is 0.135 e. The highest BCUT2D eigenvalue weighted by Gasteiger charge is 2.30. The molecule has 0 aliphatic carbocycles. The molecule has 0 unspecified atom stereocenters. The first-order valence-corrected chi connectivity index (χ1v) is 10.1. The van der Waals surface area contributed by atoms with E-state index in [0.29, 0.717) is 36.1 Å². The Hall–Kier alpha value is -2.18. The van der Waals surface area contributed by atoms with Gasteiger partial charge in [0.15, 0.2) is 0 Å². The molecule has 0 spiro atoms. The number of rotatable bonds is 7. The Morgan fingerprint density at radius 2 is 1.96 bits per heavy atom. The predicted octanol–water partition coefficient (Wildman–Crippen LogP) is 4.80. The van der Waals surface area contributed by atoms with Crippen molar-refractivity contribution in [3.05, 3.63) is 45.5 Å². The minimum Gasteiger partial charge on any atom is -0.510 e. The predicted molar refractivity (Wildman–Crippen MR) is 112 cm³/mol. The molecule has 3 rings (SSSR count).